The summed E-state index contributed by atoms with van der Waals surface area (Å²) in [6.07, 6.45) is 3.84. The predicted octanol–water partition coefficient (Wildman–Crippen LogP) is 3.88. The van der Waals surface area contributed by atoms with Gasteiger partial charge in [-0.15, -0.1) is 0 Å². The Labute approximate surface area is 140 Å². The van der Waals surface area contributed by atoms with Gasteiger partial charge in [0.1, 0.15) is 0 Å². The van der Waals surface area contributed by atoms with Crippen molar-refractivity contribution in [2.45, 2.75) is 12.8 Å². The van der Waals surface area contributed by atoms with Crippen molar-refractivity contribution in [2.24, 2.45) is 0 Å². The number of nitrogens with one attached hydrogen (secondary N) is 1. The summed E-state index contributed by atoms with van der Waals surface area (Å²) in [6, 6.07) is 16.5. The summed E-state index contributed by atoms with van der Waals surface area (Å²) in [4.78, 5) is 0. The fourth-order valence-electron chi connectivity index (χ4n) is 3.26. The largest absolute Gasteiger partial charge is 0.316 e. The van der Waals surface area contributed by atoms with E-state index in [1.54, 1.807) is 0 Å². The number of halogens is 1. The van der Waals surface area contributed by atoms with E-state index in [9.17, 15) is 0 Å². The van der Waals surface area contributed by atoms with Gasteiger partial charge in [-0.25, -0.2) is 4.68 Å². The van der Waals surface area contributed by atoms with E-state index in [0.29, 0.717) is 0 Å². The van der Waals surface area contributed by atoms with Gasteiger partial charge in [-0.1, -0.05) is 48.0 Å². The Hall–Kier alpha value is -2.10. The zero-order valence-electron chi connectivity index (χ0n) is 12.8. The maximum atomic E-state index is 6.58. The lowest BCUT2D eigenvalue weighted by atomic mass is 10.0. The van der Waals surface area contributed by atoms with Crippen molar-refractivity contribution in [3.63, 3.8) is 0 Å². The van der Waals surface area contributed by atoms with Crippen LogP contribution in [0.15, 0.2) is 54.7 Å². The molecule has 2 heterocycles. The summed E-state index contributed by atoms with van der Waals surface area (Å²) in [7, 11) is 0. The topological polar surface area (TPSA) is 29.9 Å². The van der Waals surface area contributed by atoms with Crippen LogP contribution in [0, 0.1) is 0 Å². The Balaban J connectivity index is 1.91. The first kappa shape index (κ1) is 14.5. The molecule has 0 saturated heterocycles. The summed E-state index contributed by atoms with van der Waals surface area (Å²) in [6.45, 7) is 1.99. The average Bonchev–Trinajstić information content (AvgIpc) is 2.93. The van der Waals surface area contributed by atoms with E-state index in [4.69, 9.17) is 11.6 Å². The van der Waals surface area contributed by atoms with E-state index in [2.05, 4.69) is 28.6 Å². The Morgan fingerprint density at radius 3 is 2.65 bits per heavy atom. The third-order valence-corrected chi connectivity index (χ3v) is 4.68. The minimum Gasteiger partial charge on any atom is -0.316 e. The van der Waals surface area contributed by atoms with Gasteiger partial charge >= 0.3 is 0 Å². The Bertz CT molecular complexity index is 824. The molecule has 3 nitrogen and oxygen atoms in total. The number of aromatic nitrogens is 2. The molecular formula is C19H18ClN3. The summed E-state index contributed by atoms with van der Waals surface area (Å²) in [5.74, 6) is 0. The minimum absolute atomic E-state index is 0.756. The van der Waals surface area contributed by atoms with Crippen molar-refractivity contribution >= 4 is 11.6 Å². The lowest BCUT2D eigenvalue weighted by Crippen LogP contribution is -2.16. The molecule has 0 spiro atoms. The first-order valence-corrected chi connectivity index (χ1v) is 8.33. The molecule has 23 heavy (non-hydrogen) atoms. The van der Waals surface area contributed by atoms with Crippen LogP contribution in [0.4, 0.5) is 0 Å². The smallest absolute Gasteiger partial charge is 0.0874 e. The summed E-state index contributed by atoms with van der Waals surface area (Å²) >= 11 is 6.58. The number of rotatable bonds is 2. The second-order valence-electron chi connectivity index (χ2n) is 5.78. The Morgan fingerprint density at radius 2 is 1.78 bits per heavy atom. The van der Waals surface area contributed by atoms with Gasteiger partial charge in [-0.3, -0.25) is 0 Å². The minimum atomic E-state index is 0.756. The van der Waals surface area contributed by atoms with Crippen LogP contribution in [0.1, 0.15) is 11.1 Å². The standard InChI is InChI=1S/C19H18ClN3/c20-17-7-6-14-8-11-21-12-9-16(14)19(17)23-18(10-13-22-23)15-4-2-1-3-5-15/h1-7,10,13,21H,8-9,11-12H2. The van der Waals surface area contributed by atoms with E-state index in [1.807, 2.05) is 41.2 Å². The Morgan fingerprint density at radius 1 is 0.957 bits per heavy atom. The fraction of sp³-hybridized carbons (Fsp3) is 0.211. The second-order valence-corrected chi connectivity index (χ2v) is 6.19. The molecule has 0 atom stereocenters. The van der Waals surface area contributed by atoms with E-state index >= 15 is 0 Å². The van der Waals surface area contributed by atoms with E-state index in [-0.39, 0.29) is 0 Å². The molecule has 4 heteroatoms. The highest BCUT2D eigenvalue weighted by Crippen LogP contribution is 2.32. The van der Waals surface area contributed by atoms with E-state index in [1.165, 1.54) is 11.1 Å². The van der Waals surface area contributed by atoms with E-state index < -0.39 is 0 Å². The quantitative estimate of drug-likeness (QED) is 0.775. The van der Waals surface area contributed by atoms with Gasteiger partial charge in [-0.05, 0) is 49.2 Å². The van der Waals surface area contributed by atoms with Crippen LogP contribution in [0.3, 0.4) is 0 Å². The molecule has 0 unspecified atom stereocenters. The molecule has 0 fully saturated rings. The second kappa shape index (κ2) is 6.19. The molecule has 0 aliphatic carbocycles. The molecule has 0 bridgehead atoms. The van der Waals surface area contributed by atoms with Crippen LogP contribution in [0.5, 0.6) is 0 Å². The molecular weight excluding hydrogens is 306 g/mol. The fourth-order valence-corrected chi connectivity index (χ4v) is 3.52. The summed E-state index contributed by atoms with van der Waals surface area (Å²) in [5.41, 5.74) is 5.91. The lowest BCUT2D eigenvalue weighted by Gasteiger charge is -2.16. The van der Waals surface area contributed by atoms with Gasteiger partial charge in [0, 0.05) is 5.56 Å². The monoisotopic (exact) mass is 323 g/mol. The van der Waals surface area contributed by atoms with E-state index in [0.717, 1.165) is 47.9 Å². The number of hydrogen-bond donors (Lipinski definition) is 1. The van der Waals surface area contributed by atoms with Gasteiger partial charge in [0.05, 0.1) is 22.6 Å². The molecule has 3 aromatic rings. The Kier molecular flexibility index (Phi) is 3.90. The summed E-state index contributed by atoms with van der Waals surface area (Å²) < 4.78 is 1.99. The third-order valence-electron chi connectivity index (χ3n) is 4.38. The molecule has 0 radical (unpaired) electrons. The number of fused-ring (bicyclic) bond motifs is 1. The van der Waals surface area contributed by atoms with Crippen LogP contribution in [0.2, 0.25) is 5.02 Å². The molecule has 0 saturated carbocycles. The van der Waals surface area contributed by atoms with Crippen molar-refractivity contribution in [1.29, 1.82) is 0 Å². The molecule has 1 aliphatic rings. The lowest BCUT2D eigenvalue weighted by molar-refractivity contribution is 0.709. The van der Waals surface area contributed by atoms with Gasteiger partial charge in [0.15, 0.2) is 0 Å². The molecule has 1 aliphatic heterocycles. The van der Waals surface area contributed by atoms with Crippen LogP contribution in [0.25, 0.3) is 16.9 Å². The number of hydrogen-bond acceptors (Lipinski definition) is 2. The highest BCUT2D eigenvalue weighted by Gasteiger charge is 2.19. The maximum absolute atomic E-state index is 6.58. The highest BCUT2D eigenvalue weighted by molar-refractivity contribution is 6.32. The predicted molar refractivity (Wildman–Crippen MR) is 94.3 cm³/mol. The van der Waals surface area contributed by atoms with Gasteiger partial charge in [-0.2, -0.15) is 5.10 Å². The van der Waals surface area contributed by atoms with Crippen LogP contribution >= 0.6 is 11.6 Å². The maximum Gasteiger partial charge on any atom is 0.0874 e. The molecule has 0 amide bonds. The highest BCUT2D eigenvalue weighted by atomic mass is 35.5. The van der Waals surface area contributed by atoms with Gasteiger partial charge < -0.3 is 5.32 Å². The summed E-state index contributed by atoms with van der Waals surface area (Å²) in [5, 5.41) is 8.79. The van der Waals surface area contributed by atoms with Crippen molar-refractivity contribution < 1.29 is 0 Å². The molecule has 1 aromatic heterocycles. The van der Waals surface area contributed by atoms with Gasteiger partial charge in [0.25, 0.3) is 0 Å². The first-order valence-electron chi connectivity index (χ1n) is 7.95. The van der Waals surface area contributed by atoms with Crippen molar-refractivity contribution in [1.82, 2.24) is 15.1 Å². The molecule has 116 valence electrons. The molecule has 1 N–H and O–H groups in total. The zero-order chi connectivity index (χ0) is 15.6. The zero-order valence-corrected chi connectivity index (χ0v) is 13.6. The SMILES string of the molecule is Clc1ccc2c(c1-n1nccc1-c1ccccc1)CCNCC2. The third kappa shape index (κ3) is 2.67. The van der Waals surface area contributed by atoms with Crippen molar-refractivity contribution in [2.75, 3.05) is 13.1 Å². The normalized spacial score (nSPS) is 14.3. The number of nitrogens with zero attached hydrogens (tertiary/aromatic N) is 2. The average molecular weight is 324 g/mol. The van der Waals surface area contributed by atoms with Crippen molar-refractivity contribution in [3.05, 3.63) is 70.9 Å². The molecule has 4 rings (SSSR count). The van der Waals surface area contributed by atoms with Crippen LogP contribution < -0.4 is 5.32 Å². The first-order chi connectivity index (χ1) is 11.3. The van der Waals surface area contributed by atoms with Crippen LogP contribution in [-0.4, -0.2) is 22.9 Å². The van der Waals surface area contributed by atoms with Crippen molar-refractivity contribution in [3.8, 4) is 16.9 Å². The molecule has 2 aromatic carbocycles. The number of benzene rings is 2. The van der Waals surface area contributed by atoms with Gasteiger partial charge in [0.2, 0.25) is 0 Å². The van der Waals surface area contributed by atoms with Crippen LogP contribution in [-0.2, 0) is 12.8 Å².